The number of likely N-dealkylation sites (N-methyl/N-ethyl adjacent to an activating group) is 1. The van der Waals surface area contributed by atoms with Crippen LogP contribution in [0.3, 0.4) is 0 Å². The molecule has 2 aromatic rings. The van der Waals surface area contributed by atoms with Crippen LogP contribution in [0.4, 0.5) is 5.69 Å². The smallest absolute Gasteiger partial charge is 0.278 e. The highest BCUT2D eigenvalue weighted by Gasteiger charge is 2.23. The maximum Gasteiger partial charge on any atom is 0.278 e. The normalized spacial score (nSPS) is 14.2. The van der Waals surface area contributed by atoms with Gasteiger partial charge in [0.1, 0.15) is 6.54 Å². The molecule has 1 aliphatic rings. The molecule has 1 aliphatic heterocycles. The van der Waals surface area contributed by atoms with Gasteiger partial charge in [-0.15, -0.1) is 0 Å². The molecule has 0 saturated carbocycles. The number of rotatable bonds is 7. The van der Waals surface area contributed by atoms with Crippen molar-refractivity contribution in [3.63, 3.8) is 0 Å². The van der Waals surface area contributed by atoms with Crippen LogP contribution in [0.1, 0.15) is 23.6 Å². The number of aryl methyl sites for hydroxylation is 2. The van der Waals surface area contributed by atoms with Crippen molar-refractivity contribution in [2.24, 2.45) is 0 Å². The molecular weight excluding hydrogens is 370 g/mol. The molecule has 0 spiro atoms. The highest BCUT2D eigenvalue weighted by Crippen LogP contribution is 2.32. The summed E-state index contributed by atoms with van der Waals surface area (Å²) in [5, 5.41) is 5.61. The van der Waals surface area contributed by atoms with Crippen LogP contribution in [-0.4, -0.2) is 38.2 Å². The first-order chi connectivity index (χ1) is 13.8. The molecule has 0 fully saturated rings. The Morgan fingerprint density at radius 3 is 2.52 bits per heavy atom. The van der Waals surface area contributed by atoms with Gasteiger partial charge in [0.05, 0.1) is 13.6 Å². The molecule has 154 valence electrons. The number of carbonyl (C=O) groups excluding carboxylic acids is 2. The third-order valence-electron chi connectivity index (χ3n) is 5.22. The fraction of sp³-hybridized carbons (Fsp3) is 0.364. The van der Waals surface area contributed by atoms with Gasteiger partial charge in [0.25, 0.3) is 5.91 Å². The van der Waals surface area contributed by atoms with E-state index in [0.29, 0.717) is 6.54 Å². The standard InChI is InChI=1S/C22H27N3O4/c1-14-6-5-7-15(2)21(14)24-20(26)11-23-22(27)16(3)25(4)12-17-8-9-18-19(10-17)29-13-28-18/h5-10,16H,11-13H2,1-4H3,(H,23,27)(H,24,26)/p+1/t16-/m0/s1. The van der Waals surface area contributed by atoms with Gasteiger partial charge in [0.15, 0.2) is 17.5 Å². The highest BCUT2D eigenvalue weighted by molar-refractivity contribution is 5.96. The average Bonchev–Trinajstić information content (AvgIpc) is 3.16. The van der Waals surface area contributed by atoms with E-state index < -0.39 is 0 Å². The molecule has 0 aliphatic carbocycles. The van der Waals surface area contributed by atoms with Gasteiger partial charge in [-0.2, -0.15) is 0 Å². The molecule has 3 rings (SSSR count). The Labute approximate surface area is 171 Å². The molecule has 29 heavy (non-hydrogen) atoms. The quantitative estimate of drug-likeness (QED) is 0.655. The first-order valence-electron chi connectivity index (χ1n) is 9.69. The summed E-state index contributed by atoms with van der Waals surface area (Å²) in [5.41, 5.74) is 3.83. The topological polar surface area (TPSA) is 81.1 Å². The lowest BCUT2D eigenvalue weighted by molar-refractivity contribution is -0.908. The van der Waals surface area contributed by atoms with Gasteiger partial charge >= 0.3 is 0 Å². The number of hydrogen-bond donors (Lipinski definition) is 3. The number of nitrogens with one attached hydrogen (secondary N) is 3. The summed E-state index contributed by atoms with van der Waals surface area (Å²) in [6.07, 6.45) is 0. The van der Waals surface area contributed by atoms with Gasteiger partial charge in [0, 0.05) is 11.3 Å². The van der Waals surface area contributed by atoms with Crippen molar-refractivity contribution in [3.05, 3.63) is 53.1 Å². The lowest BCUT2D eigenvalue weighted by Crippen LogP contribution is -3.12. The number of amides is 2. The minimum absolute atomic E-state index is 0.0613. The van der Waals surface area contributed by atoms with Crippen molar-refractivity contribution in [2.45, 2.75) is 33.4 Å². The Morgan fingerprint density at radius 1 is 1.10 bits per heavy atom. The van der Waals surface area contributed by atoms with E-state index in [1.165, 1.54) is 0 Å². The number of benzene rings is 2. The number of quaternary nitrogens is 1. The van der Waals surface area contributed by atoms with E-state index in [1.807, 2.05) is 64.2 Å². The maximum absolute atomic E-state index is 12.5. The van der Waals surface area contributed by atoms with Crippen LogP contribution in [0.25, 0.3) is 0 Å². The lowest BCUT2D eigenvalue weighted by Gasteiger charge is -2.21. The molecule has 1 heterocycles. The summed E-state index contributed by atoms with van der Waals surface area (Å²) >= 11 is 0. The molecule has 2 aromatic carbocycles. The molecular formula is C22H28N3O4+. The van der Waals surface area contributed by atoms with Gasteiger partial charge in [-0.3, -0.25) is 9.59 Å². The summed E-state index contributed by atoms with van der Waals surface area (Å²) in [6.45, 7) is 6.56. The highest BCUT2D eigenvalue weighted by atomic mass is 16.7. The molecule has 3 N–H and O–H groups in total. The Hall–Kier alpha value is -3.06. The number of anilines is 1. The van der Waals surface area contributed by atoms with E-state index in [4.69, 9.17) is 9.47 Å². The first-order valence-corrected chi connectivity index (χ1v) is 9.69. The number of hydrogen-bond acceptors (Lipinski definition) is 4. The average molecular weight is 398 g/mol. The van der Waals surface area contributed by atoms with Crippen LogP contribution >= 0.6 is 0 Å². The monoisotopic (exact) mass is 398 g/mol. The lowest BCUT2D eigenvalue weighted by atomic mass is 10.1. The van der Waals surface area contributed by atoms with Gasteiger partial charge in [-0.1, -0.05) is 18.2 Å². The largest absolute Gasteiger partial charge is 0.454 e. The number of para-hydroxylation sites is 1. The van der Waals surface area contributed by atoms with Crippen molar-refractivity contribution >= 4 is 17.5 Å². The molecule has 7 nitrogen and oxygen atoms in total. The van der Waals surface area contributed by atoms with Crippen molar-refractivity contribution in [3.8, 4) is 11.5 Å². The second kappa shape index (κ2) is 8.96. The zero-order valence-corrected chi connectivity index (χ0v) is 17.3. The van der Waals surface area contributed by atoms with Crippen molar-refractivity contribution in [1.29, 1.82) is 0 Å². The van der Waals surface area contributed by atoms with E-state index in [0.717, 1.165) is 38.8 Å². The van der Waals surface area contributed by atoms with Crippen LogP contribution in [0.5, 0.6) is 11.5 Å². The Kier molecular flexibility index (Phi) is 6.39. The van der Waals surface area contributed by atoms with Crippen LogP contribution in [0, 0.1) is 13.8 Å². The number of fused-ring (bicyclic) bond motifs is 1. The van der Waals surface area contributed by atoms with Gasteiger partial charge in [-0.25, -0.2) is 0 Å². The first kappa shape index (κ1) is 20.7. The summed E-state index contributed by atoms with van der Waals surface area (Å²) in [4.78, 5) is 25.8. The molecule has 0 aromatic heterocycles. The molecule has 1 unspecified atom stereocenters. The minimum Gasteiger partial charge on any atom is -0.454 e. The zero-order chi connectivity index (χ0) is 21.0. The zero-order valence-electron chi connectivity index (χ0n) is 17.3. The summed E-state index contributed by atoms with van der Waals surface area (Å²) in [5.74, 6) is 1.07. The summed E-state index contributed by atoms with van der Waals surface area (Å²) in [6, 6.07) is 11.3. The Morgan fingerprint density at radius 2 is 1.79 bits per heavy atom. The third kappa shape index (κ3) is 5.06. The van der Waals surface area contributed by atoms with Crippen LogP contribution in [0.15, 0.2) is 36.4 Å². The van der Waals surface area contributed by atoms with Gasteiger partial charge in [0.2, 0.25) is 12.7 Å². The third-order valence-corrected chi connectivity index (χ3v) is 5.22. The minimum atomic E-state index is -0.312. The predicted molar refractivity (Wildman–Crippen MR) is 110 cm³/mol. The second-order valence-corrected chi connectivity index (χ2v) is 7.47. The molecule has 7 heteroatoms. The summed E-state index contributed by atoms with van der Waals surface area (Å²) < 4.78 is 10.7. The van der Waals surface area contributed by atoms with Crippen molar-refractivity contribution in [2.75, 3.05) is 25.7 Å². The molecule has 0 bridgehead atoms. The van der Waals surface area contributed by atoms with Crippen LogP contribution in [-0.2, 0) is 16.1 Å². The summed E-state index contributed by atoms with van der Waals surface area (Å²) in [7, 11) is 1.95. The number of carbonyl (C=O) groups is 2. The van der Waals surface area contributed by atoms with E-state index in [1.54, 1.807) is 0 Å². The maximum atomic E-state index is 12.5. The molecule has 2 amide bonds. The van der Waals surface area contributed by atoms with Crippen LogP contribution < -0.4 is 25.0 Å². The van der Waals surface area contributed by atoms with E-state index in [-0.39, 0.29) is 31.2 Å². The molecule has 2 atom stereocenters. The molecule has 0 saturated heterocycles. The van der Waals surface area contributed by atoms with E-state index in [2.05, 4.69) is 10.6 Å². The van der Waals surface area contributed by atoms with Crippen LogP contribution in [0.2, 0.25) is 0 Å². The SMILES string of the molecule is Cc1cccc(C)c1NC(=O)CNC(=O)[C@H](C)[NH+](C)Cc1ccc2c(c1)OCO2. The van der Waals surface area contributed by atoms with Crippen molar-refractivity contribution < 1.29 is 24.0 Å². The fourth-order valence-electron chi connectivity index (χ4n) is 3.27. The van der Waals surface area contributed by atoms with Gasteiger partial charge in [-0.05, 0) is 50.1 Å². The fourth-order valence-corrected chi connectivity index (χ4v) is 3.27. The predicted octanol–water partition coefficient (Wildman–Crippen LogP) is 1.19. The van der Waals surface area contributed by atoms with E-state index >= 15 is 0 Å². The van der Waals surface area contributed by atoms with Gasteiger partial charge < -0.3 is 25.0 Å². The number of ether oxygens (including phenoxy) is 2. The second-order valence-electron chi connectivity index (χ2n) is 7.47. The van der Waals surface area contributed by atoms with Crippen molar-refractivity contribution in [1.82, 2.24) is 5.32 Å². The van der Waals surface area contributed by atoms with E-state index in [9.17, 15) is 9.59 Å². The Balaban J connectivity index is 1.50. The Bertz CT molecular complexity index is 893. The molecule has 0 radical (unpaired) electrons.